The smallest absolute Gasteiger partial charge is 0.251 e. The summed E-state index contributed by atoms with van der Waals surface area (Å²) in [6, 6.07) is 6.92. The van der Waals surface area contributed by atoms with Gasteiger partial charge in [-0.1, -0.05) is 12.1 Å². The normalized spacial score (nSPS) is 27.5. The van der Waals surface area contributed by atoms with E-state index in [0.29, 0.717) is 5.56 Å². The minimum atomic E-state index is -4.45. The van der Waals surface area contributed by atoms with Gasteiger partial charge in [-0.25, -0.2) is 8.42 Å². The molecule has 1 aliphatic rings. The minimum absolute atomic E-state index is 0.467. The second-order valence-corrected chi connectivity index (χ2v) is 8.44. The van der Waals surface area contributed by atoms with E-state index in [9.17, 15) is 29.0 Å². The van der Waals surface area contributed by atoms with Crippen molar-refractivity contribution < 1.29 is 33.6 Å². The maximum Gasteiger partial charge on any atom is 0.251 e. The number of nitriles is 1. The van der Waals surface area contributed by atoms with E-state index in [1.807, 2.05) is 30.7 Å². The molecular weight excluding hydrogens is 414 g/mol. The fraction of sp³-hybridized carbons (Fsp3) is 0.526. The summed E-state index contributed by atoms with van der Waals surface area (Å²) < 4.78 is 32.2. The number of ether oxygens (including phenoxy) is 1. The van der Waals surface area contributed by atoms with E-state index >= 15 is 0 Å². The largest absolute Gasteiger partial charge is 0.394 e. The zero-order valence-corrected chi connectivity index (χ0v) is 17.5. The molecule has 1 aliphatic heterocycles. The third-order valence-corrected chi connectivity index (χ3v) is 6.28. The van der Waals surface area contributed by atoms with Crippen molar-refractivity contribution in [3.05, 3.63) is 34.7 Å². The summed E-state index contributed by atoms with van der Waals surface area (Å²) in [5.41, 5.74) is 1.42. The van der Waals surface area contributed by atoms with E-state index in [1.54, 1.807) is 18.2 Å². The van der Waals surface area contributed by atoms with Gasteiger partial charge in [0.15, 0.2) is 11.2 Å². The Labute approximate surface area is 175 Å². The SMILES string of the molecule is CCN(CC)c1ccc(/C=C(\C#N)S(=O)(=O)N[C@H]2C(O)O[C@H](CO)[C@@H](O)[C@@H]2O)cc1. The van der Waals surface area contributed by atoms with Crippen LogP contribution in [-0.4, -0.2) is 79.2 Å². The van der Waals surface area contributed by atoms with Crippen molar-refractivity contribution >= 4 is 21.8 Å². The number of anilines is 1. The van der Waals surface area contributed by atoms with Gasteiger partial charge in [-0.2, -0.15) is 9.98 Å². The summed E-state index contributed by atoms with van der Waals surface area (Å²) in [4.78, 5) is 1.46. The van der Waals surface area contributed by atoms with E-state index < -0.39 is 52.2 Å². The van der Waals surface area contributed by atoms with E-state index in [0.717, 1.165) is 24.9 Å². The molecule has 0 radical (unpaired) electrons. The lowest BCUT2D eigenvalue weighted by atomic mass is 9.98. The van der Waals surface area contributed by atoms with Crippen molar-refractivity contribution in [2.75, 3.05) is 24.6 Å². The number of hydrogen-bond donors (Lipinski definition) is 5. The molecule has 30 heavy (non-hydrogen) atoms. The third-order valence-electron chi connectivity index (χ3n) is 4.91. The Morgan fingerprint density at radius 3 is 2.30 bits per heavy atom. The number of allylic oxidation sites excluding steroid dienone is 1. The average molecular weight is 442 g/mol. The lowest BCUT2D eigenvalue weighted by Crippen LogP contribution is -2.64. The highest BCUT2D eigenvalue weighted by molar-refractivity contribution is 7.93. The van der Waals surface area contributed by atoms with Gasteiger partial charge in [-0.3, -0.25) is 0 Å². The summed E-state index contributed by atoms with van der Waals surface area (Å²) in [5, 5.41) is 48.4. The molecule has 1 aromatic rings. The van der Waals surface area contributed by atoms with Gasteiger partial charge in [0.2, 0.25) is 0 Å². The van der Waals surface area contributed by atoms with Gasteiger partial charge in [-0.05, 0) is 37.6 Å². The summed E-state index contributed by atoms with van der Waals surface area (Å²) in [6.45, 7) is 4.97. The van der Waals surface area contributed by atoms with E-state index in [-0.39, 0.29) is 0 Å². The molecular formula is C19H27N3O7S. The third kappa shape index (κ3) is 5.35. The number of sulfonamides is 1. The molecule has 5 atom stereocenters. The van der Waals surface area contributed by atoms with Gasteiger partial charge in [0, 0.05) is 18.8 Å². The van der Waals surface area contributed by atoms with Crippen molar-refractivity contribution in [2.45, 2.75) is 44.5 Å². The first-order chi connectivity index (χ1) is 14.2. The second kappa shape index (κ2) is 10.3. The Kier molecular flexibility index (Phi) is 8.34. The Morgan fingerprint density at radius 1 is 1.20 bits per heavy atom. The van der Waals surface area contributed by atoms with Crippen LogP contribution in [0.3, 0.4) is 0 Å². The maximum absolute atomic E-state index is 12.6. The van der Waals surface area contributed by atoms with Crippen LogP contribution in [0, 0.1) is 11.3 Å². The fourth-order valence-electron chi connectivity index (χ4n) is 3.16. The first-order valence-corrected chi connectivity index (χ1v) is 11.0. The Hall–Kier alpha value is -2.04. The molecule has 10 nitrogen and oxygen atoms in total. The molecule has 0 bridgehead atoms. The summed E-state index contributed by atoms with van der Waals surface area (Å²) in [5.74, 6) is 0. The molecule has 2 rings (SSSR count). The van der Waals surface area contributed by atoms with Crippen molar-refractivity contribution in [3.63, 3.8) is 0 Å². The molecule has 0 saturated carbocycles. The molecule has 166 valence electrons. The van der Waals surface area contributed by atoms with Crippen LogP contribution in [0.2, 0.25) is 0 Å². The van der Waals surface area contributed by atoms with Gasteiger partial charge in [0.05, 0.1) is 6.61 Å². The predicted molar refractivity (Wildman–Crippen MR) is 109 cm³/mol. The van der Waals surface area contributed by atoms with Crippen molar-refractivity contribution in [1.29, 1.82) is 5.26 Å². The molecule has 5 N–H and O–H groups in total. The van der Waals surface area contributed by atoms with Crippen molar-refractivity contribution in [3.8, 4) is 6.07 Å². The number of aliphatic hydroxyl groups is 4. The van der Waals surface area contributed by atoms with Gasteiger partial charge >= 0.3 is 0 Å². The van der Waals surface area contributed by atoms with Gasteiger partial charge in [0.1, 0.15) is 30.4 Å². The molecule has 0 spiro atoms. The lowest BCUT2D eigenvalue weighted by Gasteiger charge is -2.40. The Morgan fingerprint density at radius 2 is 1.80 bits per heavy atom. The van der Waals surface area contributed by atoms with Crippen LogP contribution >= 0.6 is 0 Å². The Bertz CT molecular complexity index is 878. The number of hydrogen-bond acceptors (Lipinski definition) is 9. The number of benzene rings is 1. The molecule has 0 amide bonds. The standard InChI is InChI=1S/C19H27N3O7S/c1-3-22(4-2)13-7-5-12(6-8-13)9-14(10-20)30(27,28)21-16-18(25)17(24)15(11-23)29-19(16)26/h5-9,15-19,21,23-26H,3-4,11H2,1-2H3/b14-9+/t15-,16-,17-,18-,19?/m1/s1. The van der Waals surface area contributed by atoms with Crippen LogP contribution in [0.4, 0.5) is 5.69 Å². The van der Waals surface area contributed by atoms with E-state index in [4.69, 9.17) is 9.84 Å². The van der Waals surface area contributed by atoms with Crippen molar-refractivity contribution in [2.24, 2.45) is 0 Å². The monoisotopic (exact) mass is 441 g/mol. The van der Waals surface area contributed by atoms with Crippen LogP contribution < -0.4 is 9.62 Å². The molecule has 1 aromatic carbocycles. The second-order valence-electron chi connectivity index (χ2n) is 6.76. The highest BCUT2D eigenvalue weighted by atomic mass is 32.2. The Balaban J connectivity index is 2.24. The summed E-state index contributed by atoms with van der Waals surface area (Å²) >= 11 is 0. The molecule has 11 heteroatoms. The minimum Gasteiger partial charge on any atom is -0.394 e. The van der Waals surface area contributed by atoms with Crippen LogP contribution in [0.5, 0.6) is 0 Å². The number of nitrogens with one attached hydrogen (secondary N) is 1. The molecule has 1 fully saturated rings. The zero-order chi connectivity index (χ0) is 22.5. The van der Waals surface area contributed by atoms with Crippen molar-refractivity contribution in [1.82, 2.24) is 4.72 Å². The molecule has 0 aliphatic carbocycles. The van der Waals surface area contributed by atoms with Crippen LogP contribution in [-0.2, 0) is 14.8 Å². The summed E-state index contributed by atoms with van der Waals surface area (Å²) in [6.07, 6.45) is -5.33. The van der Waals surface area contributed by atoms with Crippen LogP contribution in [0.1, 0.15) is 19.4 Å². The van der Waals surface area contributed by atoms with Crippen LogP contribution in [0.25, 0.3) is 6.08 Å². The van der Waals surface area contributed by atoms with Crippen LogP contribution in [0.15, 0.2) is 29.2 Å². The quantitative estimate of drug-likeness (QED) is 0.322. The van der Waals surface area contributed by atoms with Gasteiger partial charge in [-0.15, -0.1) is 0 Å². The van der Waals surface area contributed by atoms with E-state index in [2.05, 4.69) is 4.90 Å². The topological polar surface area (TPSA) is 163 Å². The van der Waals surface area contributed by atoms with Gasteiger partial charge < -0.3 is 30.1 Å². The highest BCUT2D eigenvalue weighted by Crippen LogP contribution is 2.22. The molecule has 0 aromatic heterocycles. The highest BCUT2D eigenvalue weighted by Gasteiger charge is 2.45. The zero-order valence-electron chi connectivity index (χ0n) is 16.7. The first kappa shape index (κ1) is 24.2. The average Bonchev–Trinajstić information content (AvgIpc) is 2.73. The lowest BCUT2D eigenvalue weighted by molar-refractivity contribution is -0.251. The maximum atomic E-state index is 12.6. The van der Waals surface area contributed by atoms with E-state index in [1.165, 1.54) is 0 Å². The molecule has 1 heterocycles. The first-order valence-electron chi connectivity index (χ1n) is 9.48. The summed E-state index contributed by atoms with van der Waals surface area (Å²) in [7, 11) is -4.45. The number of nitrogens with zero attached hydrogens (tertiary/aromatic N) is 2. The number of rotatable bonds is 8. The molecule has 1 saturated heterocycles. The molecule has 1 unspecified atom stereocenters. The van der Waals surface area contributed by atoms with Gasteiger partial charge in [0.25, 0.3) is 10.0 Å². The fourth-order valence-corrected chi connectivity index (χ4v) is 4.31. The number of aliphatic hydroxyl groups excluding tert-OH is 4. The predicted octanol–water partition coefficient (Wildman–Crippen LogP) is -0.883.